The summed E-state index contributed by atoms with van der Waals surface area (Å²) in [5, 5.41) is 7.68. The predicted molar refractivity (Wildman–Crippen MR) is 82.9 cm³/mol. The number of carbonyl (C=O) groups is 1. The second-order valence-corrected chi connectivity index (χ2v) is 5.05. The minimum atomic E-state index is -0.0632. The first-order valence-electron chi connectivity index (χ1n) is 7.01. The van der Waals surface area contributed by atoms with Crippen molar-refractivity contribution in [2.45, 2.75) is 12.8 Å². The van der Waals surface area contributed by atoms with E-state index in [1.165, 1.54) is 7.11 Å². The van der Waals surface area contributed by atoms with Crippen molar-refractivity contribution in [2.24, 2.45) is 7.05 Å². The van der Waals surface area contributed by atoms with Crippen molar-refractivity contribution in [3.05, 3.63) is 42.3 Å². The van der Waals surface area contributed by atoms with Gasteiger partial charge in [0.05, 0.1) is 12.8 Å². The first-order valence-corrected chi connectivity index (χ1v) is 7.01. The van der Waals surface area contributed by atoms with Gasteiger partial charge < -0.3 is 19.1 Å². The molecule has 0 atom stereocenters. The van der Waals surface area contributed by atoms with Crippen LogP contribution in [0.4, 0.5) is 5.69 Å². The Balaban J connectivity index is 1.65. The van der Waals surface area contributed by atoms with Gasteiger partial charge in [-0.1, -0.05) is 6.07 Å². The smallest absolute Gasteiger partial charge is 0.254 e. The maximum absolute atomic E-state index is 12.1. The highest BCUT2D eigenvalue weighted by atomic mass is 16.5. The molecule has 6 nitrogen and oxygen atoms in total. The van der Waals surface area contributed by atoms with Crippen LogP contribution in [-0.4, -0.2) is 22.7 Å². The number of ether oxygens (including phenoxy) is 1. The molecule has 1 aromatic carbocycles. The molecule has 0 aliphatic carbocycles. The third-order valence-electron chi connectivity index (χ3n) is 3.55. The third-order valence-corrected chi connectivity index (χ3v) is 3.55. The summed E-state index contributed by atoms with van der Waals surface area (Å²) in [6.45, 7) is 0. The van der Waals surface area contributed by atoms with Crippen LogP contribution in [0.3, 0.4) is 0 Å². The van der Waals surface area contributed by atoms with Crippen LogP contribution in [0.1, 0.15) is 12.2 Å². The molecule has 0 aliphatic rings. The molecule has 0 saturated carbocycles. The Kier molecular flexibility index (Phi) is 3.82. The Morgan fingerprint density at radius 1 is 1.41 bits per heavy atom. The molecule has 0 saturated heterocycles. The van der Waals surface area contributed by atoms with E-state index in [-0.39, 0.29) is 5.91 Å². The molecule has 2 aromatic heterocycles. The molecule has 114 valence electrons. The zero-order chi connectivity index (χ0) is 15.5. The van der Waals surface area contributed by atoms with Crippen LogP contribution in [0.15, 0.2) is 41.1 Å². The van der Waals surface area contributed by atoms with Crippen LogP contribution in [0.2, 0.25) is 0 Å². The number of amides is 1. The average Bonchev–Trinajstić information content (AvgIpc) is 3.13. The van der Waals surface area contributed by atoms with Gasteiger partial charge in [-0.05, 0) is 23.4 Å². The monoisotopic (exact) mass is 299 g/mol. The highest BCUT2D eigenvalue weighted by molar-refractivity contribution is 6.01. The Bertz CT molecular complexity index is 804. The third kappa shape index (κ3) is 2.81. The van der Waals surface area contributed by atoms with Crippen molar-refractivity contribution >= 4 is 22.5 Å². The summed E-state index contributed by atoms with van der Waals surface area (Å²) >= 11 is 0. The molecule has 0 bridgehead atoms. The van der Waals surface area contributed by atoms with Crippen LogP contribution < -0.4 is 10.1 Å². The highest BCUT2D eigenvalue weighted by Gasteiger charge is 2.10. The lowest BCUT2D eigenvalue weighted by atomic mass is 10.2. The number of nitrogens with one attached hydrogen (secondary N) is 1. The Morgan fingerprint density at radius 3 is 3.05 bits per heavy atom. The summed E-state index contributed by atoms with van der Waals surface area (Å²) in [5.41, 5.74) is 1.90. The number of hydrogen-bond donors (Lipinski definition) is 1. The fourth-order valence-electron chi connectivity index (χ4n) is 2.37. The molecule has 1 amide bonds. The van der Waals surface area contributed by atoms with E-state index in [1.54, 1.807) is 6.07 Å². The number of anilines is 1. The first-order chi connectivity index (χ1) is 10.7. The number of nitrogens with zero attached hydrogens (tertiary/aromatic N) is 2. The minimum Gasteiger partial charge on any atom is -0.479 e. The number of rotatable bonds is 5. The number of aromatic nitrogens is 2. The SMILES string of the molecule is COc1cc(CCC(=O)Nc2cccc3c2ccn3C)on1. The molecule has 0 unspecified atom stereocenters. The standard InChI is InChI=1S/C16H17N3O3/c1-19-9-8-12-13(4-3-5-14(12)19)17-15(20)7-6-11-10-16(21-2)18-22-11/h3-5,8-10H,6-7H2,1-2H3,(H,17,20). The van der Waals surface area contributed by atoms with Crippen LogP contribution in [-0.2, 0) is 18.3 Å². The quantitative estimate of drug-likeness (QED) is 0.786. The molecule has 1 N–H and O–H groups in total. The van der Waals surface area contributed by atoms with E-state index >= 15 is 0 Å². The van der Waals surface area contributed by atoms with Crippen LogP contribution in [0, 0.1) is 0 Å². The van der Waals surface area contributed by atoms with E-state index in [4.69, 9.17) is 9.26 Å². The molecule has 0 aliphatic heterocycles. The van der Waals surface area contributed by atoms with Gasteiger partial charge >= 0.3 is 0 Å². The largest absolute Gasteiger partial charge is 0.479 e. The van der Waals surface area contributed by atoms with Gasteiger partial charge in [0.1, 0.15) is 5.76 Å². The maximum atomic E-state index is 12.1. The van der Waals surface area contributed by atoms with Gasteiger partial charge in [-0.15, -0.1) is 0 Å². The van der Waals surface area contributed by atoms with Gasteiger partial charge in [-0.3, -0.25) is 4.79 Å². The van der Waals surface area contributed by atoms with E-state index in [0.717, 1.165) is 16.6 Å². The minimum absolute atomic E-state index is 0.0632. The number of fused-ring (bicyclic) bond motifs is 1. The summed E-state index contributed by atoms with van der Waals surface area (Å²) in [6.07, 6.45) is 2.77. The van der Waals surface area contributed by atoms with E-state index in [2.05, 4.69) is 10.5 Å². The van der Waals surface area contributed by atoms with Crippen molar-refractivity contribution in [2.75, 3.05) is 12.4 Å². The molecule has 0 fully saturated rings. The van der Waals surface area contributed by atoms with E-state index in [0.29, 0.717) is 24.5 Å². The normalized spacial score (nSPS) is 10.8. The number of benzene rings is 1. The summed E-state index contributed by atoms with van der Waals surface area (Å²) in [5.74, 6) is 0.987. The van der Waals surface area contributed by atoms with Crippen molar-refractivity contribution < 1.29 is 14.1 Å². The van der Waals surface area contributed by atoms with E-state index in [9.17, 15) is 4.79 Å². The second kappa shape index (κ2) is 5.93. The lowest BCUT2D eigenvalue weighted by Gasteiger charge is -2.06. The zero-order valence-corrected chi connectivity index (χ0v) is 12.5. The van der Waals surface area contributed by atoms with Crippen molar-refractivity contribution in [1.82, 2.24) is 9.72 Å². The maximum Gasteiger partial charge on any atom is 0.254 e. The average molecular weight is 299 g/mol. The molecule has 3 rings (SSSR count). The lowest BCUT2D eigenvalue weighted by Crippen LogP contribution is -2.12. The van der Waals surface area contributed by atoms with Gasteiger partial charge in [-0.2, -0.15) is 0 Å². The Hall–Kier alpha value is -2.76. The number of carbonyl (C=O) groups excluding carboxylic acids is 1. The van der Waals surface area contributed by atoms with Crippen molar-refractivity contribution in [3.8, 4) is 5.88 Å². The number of aryl methyl sites for hydroxylation is 2. The molecular weight excluding hydrogens is 282 g/mol. The van der Waals surface area contributed by atoms with Gasteiger partial charge in [-0.25, -0.2) is 0 Å². The topological polar surface area (TPSA) is 69.3 Å². The molecular formula is C16H17N3O3. The molecule has 22 heavy (non-hydrogen) atoms. The molecule has 6 heteroatoms. The zero-order valence-electron chi connectivity index (χ0n) is 12.5. The van der Waals surface area contributed by atoms with Gasteiger partial charge in [0, 0.05) is 43.1 Å². The van der Waals surface area contributed by atoms with Crippen molar-refractivity contribution in [3.63, 3.8) is 0 Å². The summed E-state index contributed by atoms with van der Waals surface area (Å²) in [6, 6.07) is 9.53. The predicted octanol–water partition coefficient (Wildman–Crippen LogP) is 2.75. The molecule has 3 aromatic rings. The first kappa shape index (κ1) is 14.2. The van der Waals surface area contributed by atoms with Crippen molar-refractivity contribution in [1.29, 1.82) is 0 Å². The van der Waals surface area contributed by atoms with E-state index in [1.807, 2.05) is 42.1 Å². The fraction of sp³-hybridized carbons (Fsp3) is 0.250. The fourth-order valence-corrected chi connectivity index (χ4v) is 2.37. The highest BCUT2D eigenvalue weighted by Crippen LogP contribution is 2.24. The van der Waals surface area contributed by atoms with Crippen LogP contribution >= 0.6 is 0 Å². The van der Waals surface area contributed by atoms with E-state index < -0.39 is 0 Å². The van der Waals surface area contributed by atoms with Crippen LogP contribution in [0.5, 0.6) is 5.88 Å². The van der Waals surface area contributed by atoms with Gasteiger partial charge in [0.2, 0.25) is 5.91 Å². The van der Waals surface area contributed by atoms with Gasteiger partial charge in [0.15, 0.2) is 0 Å². The number of methoxy groups -OCH3 is 1. The number of hydrogen-bond acceptors (Lipinski definition) is 4. The lowest BCUT2D eigenvalue weighted by molar-refractivity contribution is -0.116. The Morgan fingerprint density at radius 2 is 2.27 bits per heavy atom. The summed E-state index contributed by atoms with van der Waals surface area (Å²) in [7, 11) is 3.50. The Labute approximate surface area is 127 Å². The summed E-state index contributed by atoms with van der Waals surface area (Å²) < 4.78 is 12.0. The van der Waals surface area contributed by atoms with Gasteiger partial charge in [0.25, 0.3) is 5.88 Å². The molecule has 2 heterocycles. The second-order valence-electron chi connectivity index (χ2n) is 5.05. The summed E-state index contributed by atoms with van der Waals surface area (Å²) in [4.78, 5) is 12.1. The molecule has 0 radical (unpaired) electrons. The van der Waals surface area contributed by atoms with Crippen LogP contribution in [0.25, 0.3) is 10.9 Å². The molecule has 0 spiro atoms.